The number of hydrogen-bond acceptors (Lipinski definition) is 3. The second kappa shape index (κ2) is 7.77. The zero-order chi connectivity index (χ0) is 17.1. The zero-order valence-corrected chi connectivity index (χ0v) is 15.0. The molecule has 1 heterocycles. The Labute approximate surface area is 150 Å². The van der Waals surface area contributed by atoms with Crippen LogP contribution >= 0.6 is 0 Å². The van der Waals surface area contributed by atoms with Crippen LogP contribution in [0.5, 0.6) is 0 Å². The third-order valence-electron chi connectivity index (χ3n) is 6.45. The SMILES string of the molecule is O=C(Nc1ccccc1)O[C@H]1[C@@H]2CCC[C@@H]1[C@H](N1CCCCC1)CC2. The van der Waals surface area contributed by atoms with Crippen molar-refractivity contribution in [2.24, 2.45) is 11.8 Å². The van der Waals surface area contributed by atoms with Gasteiger partial charge in [-0.05, 0) is 69.7 Å². The molecule has 1 saturated heterocycles. The van der Waals surface area contributed by atoms with Gasteiger partial charge in [-0.3, -0.25) is 10.2 Å². The number of para-hydroxylation sites is 1. The third-order valence-corrected chi connectivity index (χ3v) is 6.45. The maximum Gasteiger partial charge on any atom is 0.411 e. The molecular formula is C21H30N2O2. The molecule has 3 fully saturated rings. The molecule has 1 aliphatic heterocycles. The molecule has 2 aliphatic carbocycles. The summed E-state index contributed by atoms with van der Waals surface area (Å²) in [5.74, 6) is 1.08. The largest absolute Gasteiger partial charge is 0.445 e. The Kier molecular flexibility index (Phi) is 5.25. The number of nitrogens with zero attached hydrogens (tertiary/aromatic N) is 1. The Hall–Kier alpha value is -1.55. The molecule has 1 N–H and O–H groups in total. The molecule has 1 aromatic rings. The summed E-state index contributed by atoms with van der Waals surface area (Å²) in [6, 6.07) is 10.2. The predicted octanol–water partition coefficient (Wildman–Crippen LogP) is 4.67. The molecule has 2 bridgehead atoms. The summed E-state index contributed by atoms with van der Waals surface area (Å²) < 4.78 is 6.01. The first-order chi connectivity index (χ1) is 12.3. The lowest BCUT2D eigenvalue weighted by Crippen LogP contribution is -2.54. The molecule has 1 aromatic carbocycles. The molecule has 4 heteroatoms. The maximum absolute atomic E-state index is 12.4. The molecule has 4 atom stereocenters. The fraction of sp³-hybridized carbons (Fsp3) is 0.667. The van der Waals surface area contributed by atoms with Gasteiger partial charge in [-0.25, -0.2) is 4.79 Å². The number of rotatable bonds is 3. The summed E-state index contributed by atoms with van der Waals surface area (Å²) in [5, 5.41) is 2.90. The van der Waals surface area contributed by atoms with Crippen molar-refractivity contribution in [3.63, 3.8) is 0 Å². The van der Waals surface area contributed by atoms with Crippen LogP contribution in [0.1, 0.15) is 51.4 Å². The van der Waals surface area contributed by atoms with E-state index in [4.69, 9.17) is 4.74 Å². The predicted molar refractivity (Wildman–Crippen MR) is 99.6 cm³/mol. The Balaban J connectivity index is 1.42. The van der Waals surface area contributed by atoms with Gasteiger partial charge < -0.3 is 4.74 Å². The molecule has 1 amide bonds. The number of piperidine rings is 1. The van der Waals surface area contributed by atoms with Gasteiger partial charge in [0, 0.05) is 17.6 Å². The summed E-state index contributed by atoms with van der Waals surface area (Å²) in [6.07, 6.45) is 10.0. The summed E-state index contributed by atoms with van der Waals surface area (Å²) in [7, 11) is 0. The fourth-order valence-electron chi connectivity index (χ4n) is 5.29. The average Bonchev–Trinajstić information content (AvgIpc) is 2.63. The Bertz CT molecular complexity index is 571. The molecule has 25 heavy (non-hydrogen) atoms. The molecule has 3 aliphatic rings. The van der Waals surface area contributed by atoms with Gasteiger partial charge in [-0.1, -0.05) is 31.0 Å². The number of fused-ring (bicyclic) bond motifs is 2. The van der Waals surface area contributed by atoms with Crippen molar-refractivity contribution in [2.45, 2.75) is 63.5 Å². The van der Waals surface area contributed by atoms with Gasteiger partial charge in [0.2, 0.25) is 0 Å². The van der Waals surface area contributed by atoms with Crippen molar-refractivity contribution in [3.05, 3.63) is 30.3 Å². The third kappa shape index (κ3) is 3.84. The van der Waals surface area contributed by atoms with Crippen LogP contribution in [0.4, 0.5) is 10.5 Å². The van der Waals surface area contributed by atoms with Crippen LogP contribution in [-0.4, -0.2) is 36.2 Å². The van der Waals surface area contributed by atoms with Gasteiger partial charge in [0.15, 0.2) is 0 Å². The van der Waals surface area contributed by atoms with Crippen molar-refractivity contribution < 1.29 is 9.53 Å². The van der Waals surface area contributed by atoms with E-state index in [9.17, 15) is 4.79 Å². The van der Waals surface area contributed by atoms with Crippen LogP contribution in [-0.2, 0) is 4.74 Å². The lowest BCUT2D eigenvalue weighted by Gasteiger charge is -2.50. The van der Waals surface area contributed by atoms with Crippen molar-refractivity contribution in [1.29, 1.82) is 0 Å². The highest BCUT2D eigenvalue weighted by Gasteiger charge is 2.46. The second-order valence-corrected chi connectivity index (χ2v) is 7.96. The lowest BCUT2D eigenvalue weighted by atomic mass is 9.67. The number of benzene rings is 1. The fourth-order valence-corrected chi connectivity index (χ4v) is 5.29. The number of ether oxygens (including phenoxy) is 1. The van der Waals surface area contributed by atoms with E-state index in [-0.39, 0.29) is 12.2 Å². The minimum Gasteiger partial charge on any atom is -0.445 e. The lowest BCUT2D eigenvalue weighted by molar-refractivity contribution is -0.0688. The zero-order valence-electron chi connectivity index (χ0n) is 15.0. The number of anilines is 1. The number of amides is 1. The van der Waals surface area contributed by atoms with Crippen molar-refractivity contribution in [2.75, 3.05) is 18.4 Å². The van der Waals surface area contributed by atoms with E-state index >= 15 is 0 Å². The van der Waals surface area contributed by atoms with Crippen molar-refractivity contribution in [3.8, 4) is 0 Å². The van der Waals surface area contributed by atoms with Crippen LogP contribution in [0.2, 0.25) is 0 Å². The monoisotopic (exact) mass is 342 g/mol. The van der Waals surface area contributed by atoms with Crippen LogP contribution in [0.3, 0.4) is 0 Å². The minimum absolute atomic E-state index is 0.0955. The van der Waals surface area contributed by atoms with E-state index in [0.29, 0.717) is 17.9 Å². The second-order valence-electron chi connectivity index (χ2n) is 7.96. The maximum atomic E-state index is 12.4. The summed E-state index contributed by atoms with van der Waals surface area (Å²) >= 11 is 0. The number of carbonyl (C=O) groups is 1. The first kappa shape index (κ1) is 16.9. The number of likely N-dealkylation sites (tertiary alicyclic amines) is 1. The van der Waals surface area contributed by atoms with E-state index in [0.717, 1.165) is 5.69 Å². The molecule has 136 valence electrons. The Morgan fingerprint density at radius 2 is 1.76 bits per heavy atom. The van der Waals surface area contributed by atoms with Crippen LogP contribution in [0.25, 0.3) is 0 Å². The highest BCUT2D eigenvalue weighted by molar-refractivity contribution is 5.84. The van der Waals surface area contributed by atoms with Crippen LogP contribution < -0.4 is 5.32 Å². The summed E-state index contributed by atoms with van der Waals surface area (Å²) in [5.41, 5.74) is 0.807. The quantitative estimate of drug-likeness (QED) is 0.868. The summed E-state index contributed by atoms with van der Waals surface area (Å²) in [6.45, 7) is 2.46. The van der Waals surface area contributed by atoms with Crippen LogP contribution in [0.15, 0.2) is 30.3 Å². The average molecular weight is 342 g/mol. The van der Waals surface area contributed by atoms with Gasteiger partial charge in [0.25, 0.3) is 0 Å². The summed E-state index contributed by atoms with van der Waals surface area (Å²) in [4.78, 5) is 15.1. The highest BCUT2D eigenvalue weighted by atomic mass is 16.6. The molecule has 4 rings (SSSR count). The number of hydrogen-bond donors (Lipinski definition) is 1. The van der Waals surface area contributed by atoms with Gasteiger partial charge >= 0.3 is 6.09 Å². The van der Waals surface area contributed by atoms with E-state index in [1.807, 2.05) is 30.3 Å². The molecule has 2 saturated carbocycles. The Morgan fingerprint density at radius 1 is 0.960 bits per heavy atom. The van der Waals surface area contributed by atoms with Gasteiger partial charge in [0.05, 0.1) is 0 Å². The number of nitrogens with one attached hydrogen (secondary N) is 1. The van der Waals surface area contributed by atoms with Crippen molar-refractivity contribution >= 4 is 11.8 Å². The van der Waals surface area contributed by atoms with E-state index in [1.54, 1.807) is 0 Å². The van der Waals surface area contributed by atoms with Crippen LogP contribution in [0, 0.1) is 11.8 Å². The van der Waals surface area contributed by atoms with E-state index < -0.39 is 0 Å². The first-order valence-corrected chi connectivity index (χ1v) is 10.1. The molecule has 0 unspecified atom stereocenters. The Morgan fingerprint density at radius 3 is 2.56 bits per heavy atom. The van der Waals surface area contributed by atoms with E-state index in [2.05, 4.69) is 10.2 Å². The standard InChI is InChI=1S/C21H30N2O2/c24-21(22-17-9-3-1-4-10-17)25-20-16-8-7-11-18(20)19(13-12-16)23-14-5-2-6-15-23/h1,3-4,9-10,16,18-20H,2,5-8,11-15H2,(H,22,24)/t16-,18-,19-,20+/m1/s1. The molecule has 4 nitrogen and oxygen atoms in total. The van der Waals surface area contributed by atoms with E-state index in [1.165, 1.54) is 64.5 Å². The van der Waals surface area contributed by atoms with Gasteiger partial charge in [0.1, 0.15) is 6.10 Å². The van der Waals surface area contributed by atoms with Gasteiger partial charge in [-0.15, -0.1) is 0 Å². The molecule has 0 spiro atoms. The van der Waals surface area contributed by atoms with Gasteiger partial charge in [-0.2, -0.15) is 0 Å². The topological polar surface area (TPSA) is 41.6 Å². The molecular weight excluding hydrogens is 312 g/mol. The highest BCUT2D eigenvalue weighted by Crippen LogP contribution is 2.44. The normalized spacial score (nSPS) is 32.8. The minimum atomic E-state index is -0.285. The molecule has 0 radical (unpaired) electrons. The number of carbonyl (C=O) groups excluding carboxylic acids is 1. The molecule has 0 aromatic heterocycles. The van der Waals surface area contributed by atoms with Crippen molar-refractivity contribution in [1.82, 2.24) is 4.90 Å². The first-order valence-electron chi connectivity index (χ1n) is 10.1. The smallest absolute Gasteiger partial charge is 0.411 e.